The molecule has 2 fully saturated rings. The van der Waals surface area contributed by atoms with Gasteiger partial charge in [-0.3, -0.25) is 9.59 Å². The van der Waals surface area contributed by atoms with Gasteiger partial charge in [0.2, 0.25) is 11.8 Å². The molecule has 1 saturated carbocycles. The summed E-state index contributed by atoms with van der Waals surface area (Å²) in [6, 6.07) is -0.608. The molecule has 2 amide bonds. The molecule has 146 valence electrons. The van der Waals surface area contributed by atoms with Crippen LogP contribution in [0.1, 0.15) is 33.1 Å². The Morgan fingerprint density at radius 1 is 1.27 bits per heavy atom. The van der Waals surface area contributed by atoms with E-state index in [1.165, 1.54) is 4.90 Å². The zero-order valence-corrected chi connectivity index (χ0v) is 15.1. The molecule has 0 aromatic carbocycles. The van der Waals surface area contributed by atoms with Crippen LogP contribution < -0.4 is 5.73 Å². The number of halogens is 3. The molecule has 0 aromatic heterocycles. The van der Waals surface area contributed by atoms with Gasteiger partial charge in [0.1, 0.15) is 0 Å². The Morgan fingerprint density at radius 2 is 1.96 bits per heavy atom. The van der Waals surface area contributed by atoms with Gasteiger partial charge in [-0.1, -0.05) is 13.8 Å². The quantitative estimate of drug-likeness (QED) is 0.804. The lowest BCUT2D eigenvalue weighted by atomic mass is 9.85. The maximum Gasteiger partial charge on any atom is 0.412 e. The van der Waals surface area contributed by atoms with Crippen molar-refractivity contribution in [2.45, 2.75) is 51.4 Å². The van der Waals surface area contributed by atoms with Crippen LogP contribution in [0.25, 0.3) is 0 Å². The number of alkyl halides is 3. The van der Waals surface area contributed by atoms with E-state index in [-0.39, 0.29) is 43.3 Å². The molecule has 0 spiro atoms. The molecule has 2 aliphatic heterocycles. The number of carbonyl (C=O) groups excluding carboxylic acids is 2. The molecule has 3 rings (SSSR count). The minimum Gasteiger partial charge on any atom is -0.339 e. The Kier molecular flexibility index (Phi) is 5.07. The number of piperazine rings is 1. The molecule has 1 saturated heterocycles. The average molecular weight is 373 g/mol. The summed E-state index contributed by atoms with van der Waals surface area (Å²) in [4.78, 5) is 28.2. The first-order valence-corrected chi connectivity index (χ1v) is 9.20. The monoisotopic (exact) mass is 373 g/mol. The lowest BCUT2D eigenvalue weighted by Crippen LogP contribution is -2.59. The number of hydrogen-bond acceptors (Lipinski definition) is 3. The number of nitrogens with two attached hydrogens (primary N) is 1. The molecule has 2 heterocycles. The van der Waals surface area contributed by atoms with Crippen LogP contribution >= 0.6 is 0 Å². The van der Waals surface area contributed by atoms with Crippen molar-refractivity contribution in [2.75, 3.05) is 19.6 Å². The minimum absolute atomic E-state index is 0.00587. The Balaban J connectivity index is 1.72. The van der Waals surface area contributed by atoms with Crippen molar-refractivity contribution in [1.82, 2.24) is 9.80 Å². The number of hydrogen-bond donors (Lipinski definition) is 1. The summed E-state index contributed by atoms with van der Waals surface area (Å²) in [5.74, 6) is -0.270. The number of carbonyl (C=O) groups is 2. The highest BCUT2D eigenvalue weighted by atomic mass is 19.4. The third-order valence-electron chi connectivity index (χ3n) is 6.02. The van der Waals surface area contributed by atoms with Crippen LogP contribution in [-0.2, 0) is 9.59 Å². The Hall–Kier alpha value is -1.57. The van der Waals surface area contributed by atoms with Gasteiger partial charge >= 0.3 is 6.18 Å². The first-order valence-electron chi connectivity index (χ1n) is 9.20. The largest absolute Gasteiger partial charge is 0.412 e. The number of nitrogens with zero attached hydrogens (tertiary/aromatic N) is 2. The van der Waals surface area contributed by atoms with Gasteiger partial charge < -0.3 is 15.5 Å². The summed E-state index contributed by atoms with van der Waals surface area (Å²) in [5, 5.41) is 0. The van der Waals surface area contributed by atoms with Crippen molar-refractivity contribution >= 4 is 11.8 Å². The van der Waals surface area contributed by atoms with Gasteiger partial charge in [0.25, 0.3) is 0 Å². The first-order chi connectivity index (χ1) is 12.1. The Bertz CT molecular complexity index is 617. The van der Waals surface area contributed by atoms with Crippen molar-refractivity contribution in [3.05, 3.63) is 11.6 Å². The topological polar surface area (TPSA) is 66.6 Å². The second-order valence-corrected chi connectivity index (χ2v) is 8.09. The molecule has 4 unspecified atom stereocenters. The SMILES string of the molecule is CC(C)C1CC(N)CC1C(=O)N1CCN2C(=O)C=C(C(F)(F)F)CC2C1. The summed E-state index contributed by atoms with van der Waals surface area (Å²) >= 11 is 0. The van der Waals surface area contributed by atoms with Crippen LogP contribution in [0, 0.1) is 17.8 Å². The molecular weight excluding hydrogens is 347 g/mol. The van der Waals surface area contributed by atoms with Crippen molar-refractivity contribution in [2.24, 2.45) is 23.5 Å². The van der Waals surface area contributed by atoms with Crippen molar-refractivity contribution in [3.8, 4) is 0 Å². The third kappa shape index (κ3) is 3.61. The number of rotatable bonds is 2. The van der Waals surface area contributed by atoms with E-state index in [0.717, 1.165) is 6.42 Å². The molecule has 5 nitrogen and oxygen atoms in total. The normalized spacial score (nSPS) is 32.7. The minimum atomic E-state index is -4.50. The fourth-order valence-electron chi connectivity index (χ4n) is 4.63. The van der Waals surface area contributed by atoms with Crippen LogP contribution in [-0.4, -0.2) is 59.5 Å². The fourth-order valence-corrected chi connectivity index (χ4v) is 4.63. The molecule has 0 radical (unpaired) electrons. The van der Waals surface area contributed by atoms with E-state index in [0.29, 0.717) is 25.0 Å². The van der Waals surface area contributed by atoms with Gasteiger partial charge in [-0.15, -0.1) is 0 Å². The van der Waals surface area contributed by atoms with Gasteiger partial charge in [0, 0.05) is 43.2 Å². The average Bonchev–Trinajstić information content (AvgIpc) is 2.95. The molecule has 2 N–H and O–H groups in total. The van der Waals surface area contributed by atoms with Crippen LogP contribution in [0.15, 0.2) is 11.6 Å². The summed E-state index contributed by atoms with van der Waals surface area (Å²) < 4.78 is 39.1. The molecule has 1 aliphatic carbocycles. The van der Waals surface area contributed by atoms with Gasteiger partial charge in [-0.25, -0.2) is 0 Å². The lowest BCUT2D eigenvalue weighted by Gasteiger charge is -2.44. The van der Waals surface area contributed by atoms with Crippen molar-refractivity contribution in [3.63, 3.8) is 0 Å². The summed E-state index contributed by atoms with van der Waals surface area (Å²) in [6.07, 6.45) is -2.64. The van der Waals surface area contributed by atoms with Crippen LogP contribution in [0.4, 0.5) is 13.2 Å². The summed E-state index contributed by atoms with van der Waals surface area (Å²) in [7, 11) is 0. The van der Waals surface area contributed by atoms with E-state index < -0.39 is 23.7 Å². The van der Waals surface area contributed by atoms with E-state index in [1.54, 1.807) is 4.90 Å². The van der Waals surface area contributed by atoms with Crippen LogP contribution in [0.5, 0.6) is 0 Å². The second kappa shape index (κ2) is 6.87. The van der Waals surface area contributed by atoms with Crippen molar-refractivity contribution < 1.29 is 22.8 Å². The van der Waals surface area contributed by atoms with Crippen LogP contribution in [0.2, 0.25) is 0 Å². The first kappa shape index (κ1) is 19.2. The predicted octanol–water partition coefficient (Wildman–Crippen LogP) is 1.93. The molecule has 26 heavy (non-hydrogen) atoms. The van der Waals surface area contributed by atoms with E-state index in [2.05, 4.69) is 13.8 Å². The molecule has 4 atom stereocenters. The fraction of sp³-hybridized carbons (Fsp3) is 0.778. The van der Waals surface area contributed by atoms with Gasteiger partial charge in [0.15, 0.2) is 0 Å². The highest BCUT2D eigenvalue weighted by Crippen LogP contribution is 2.39. The van der Waals surface area contributed by atoms with Gasteiger partial charge in [0.05, 0.1) is 6.04 Å². The Labute approximate surface area is 151 Å². The van der Waals surface area contributed by atoms with Gasteiger partial charge in [-0.2, -0.15) is 13.2 Å². The highest BCUT2D eigenvalue weighted by Gasteiger charge is 2.45. The number of amides is 2. The second-order valence-electron chi connectivity index (χ2n) is 8.09. The smallest absolute Gasteiger partial charge is 0.339 e. The number of fused-ring (bicyclic) bond motifs is 1. The molecule has 0 aromatic rings. The molecule has 0 bridgehead atoms. The maximum absolute atomic E-state index is 13.0. The lowest BCUT2D eigenvalue weighted by molar-refractivity contribution is -0.146. The van der Waals surface area contributed by atoms with E-state index in [4.69, 9.17) is 5.73 Å². The molecule has 3 aliphatic rings. The maximum atomic E-state index is 13.0. The van der Waals surface area contributed by atoms with Gasteiger partial charge in [-0.05, 0) is 31.1 Å². The molecular formula is C18H26F3N3O2. The highest BCUT2D eigenvalue weighted by molar-refractivity contribution is 5.90. The van der Waals surface area contributed by atoms with Crippen molar-refractivity contribution in [1.29, 1.82) is 0 Å². The van der Waals surface area contributed by atoms with E-state index in [1.807, 2.05) is 0 Å². The predicted molar refractivity (Wildman–Crippen MR) is 89.9 cm³/mol. The van der Waals surface area contributed by atoms with Crippen LogP contribution in [0.3, 0.4) is 0 Å². The van der Waals surface area contributed by atoms with E-state index in [9.17, 15) is 22.8 Å². The third-order valence-corrected chi connectivity index (χ3v) is 6.02. The van der Waals surface area contributed by atoms with E-state index >= 15 is 0 Å². The Morgan fingerprint density at radius 3 is 2.58 bits per heavy atom. The standard InChI is InChI=1S/C18H26F3N3O2/c1-10(2)14-7-12(22)8-15(14)17(26)23-3-4-24-13(9-23)5-11(6-16(24)25)18(19,20)21/h6,10,12-15H,3-5,7-9,22H2,1-2H3. The zero-order valence-electron chi connectivity index (χ0n) is 15.1. The summed E-state index contributed by atoms with van der Waals surface area (Å²) in [5.41, 5.74) is 5.25. The summed E-state index contributed by atoms with van der Waals surface area (Å²) in [6.45, 7) is 4.95. The molecule has 8 heteroatoms. The zero-order chi connectivity index (χ0) is 19.2.